The first-order chi connectivity index (χ1) is 14.6. The van der Waals surface area contributed by atoms with E-state index in [2.05, 4.69) is 16.2 Å². The lowest BCUT2D eigenvalue weighted by Gasteiger charge is -2.15. The molecule has 11 heteroatoms. The van der Waals surface area contributed by atoms with Gasteiger partial charge in [-0.15, -0.1) is 0 Å². The number of nitrogens with one attached hydrogen (secondary N) is 3. The molecule has 0 aliphatic rings. The van der Waals surface area contributed by atoms with Gasteiger partial charge in [-0.3, -0.25) is 35.9 Å². The third kappa shape index (κ3) is 6.90. The fraction of sp³-hybridized carbons (Fsp3) is 0.250. The van der Waals surface area contributed by atoms with Gasteiger partial charge in [0.15, 0.2) is 11.7 Å². The third-order valence-electron chi connectivity index (χ3n) is 4.10. The lowest BCUT2D eigenvalue weighted by Crippen LogP contribution is -2.49. The van der Waals surface area contributed by atoms with E-state index in [4.69, 9.17) is 28.6 Å². The van der Waals surface area contributed by atoms with Crippen LogP contribution in [0.2, 0.25) is 5.02 Å². The molecule has 0 aliphatic carbocycles. The lowest BCUT2D eigenvalue weighted by atomic mass is 10.0. The minimum atomic E-state index is -0.705. The Balaban J connectivity index is 1.87. The number of carbonyl (C=O) groups is 2. The van der Waals surface area contributed by atoms with E-state index >= 15 is 0 Å². The van der Waals surface area contributed by atoms with Gasteiger partial charge in [0, 0.05) is 11.6 Å². The topological polar surface area (TPSA) is 123 Å². The number of hydrogen-bond donors (Lipinski definition) is 3. The molecule has 164 valence electrons. The zero-order chi connectivity index (χ0) is 23.1. The van der Waals surface area contributed by atoms with Crippen molar-refractivity contribution in [1.82, 2.24) is 16.2 Å². The summed E-state index contributed by atoms with van der Waals surface area (Å²) in [6, 6.07) is 9.36. The number of halogens is 1. The first-order valence-corrected chi connectivity index (χ1v) is 9.94. The Labute approximate surface area is 189 Å². The summed E-state index contributed by atoms with van der Waals surface area (Å²) >= 11 is 10.7. The highest BCUT2D eigenvalue weighted by molar-refractivity contribution is 7.80. The Morgan fingerprint density at radius 1 is 1.19 bits per heavy atom. The smallest absolute Gasteiger partial charge is 0.288 e. The highest BCUT2D eigenvalue weighted by Crippen LogP contribution is 2.27. The number of aryl methyl sites for hydroxylation is 1. The quantitative estimate of drug-likeness (QED) is 0.340. The second-order valence-electron chi connectivity index (χ2n) is 6.86. The fourth-order valence-electron chi connectivity index (χ4n) is 2.55. The van der Waals surface area contributed by atoms with Crippen LogP contribution in [-0.4, -0.2) is 28.5 Å². The standard InChI is InChI=1S/C20H21ClN4O5S/c1-11(2)14-6-4-12(3)8-17(14)30-10-18(26)23-24-20(31)22-19(27)13-5-7-15(21)16(9-13)25(28)29/h4-9,11H,10H2,1-3H3,(H,23,26)(H2,22,24,27,31). The number of nitrogens with zero attached hydrogens (tertiary/aromatic N) is 1. The van der Waals surface area contributed by atoms with Gasteiger partial charge in [0.25, 0.3) is 17.5 Å². The van der Waals surface area contributed by atoms with Gasteiger partial charge in [-0.1, -0.05) is 37.6 Å². The maximum atomic E-state index is 12.2. The summed E-state index contributed by atoms with van der Waals surface area (Å²) < 4.78 is 5.61. The number of hydrogen-bond acceptors (Lipinski definition) is 6. The van der Waals surface area contributed by atoms with Gasteiger partial charge < -0.3 is 4.74 Å². The molecular weight excluding hydrogens is 444 g/mol. The first kappa shape index (κ1) is 24.0. The van der Waals surface area contributed by atoms with Crippen molar-refractivity contribution in [2.45, 2.75) is 26.7 Å². The molecule has 31 heavy (non-hydrogen) atoms. The Morgan fingerprint density at radius 2 is 1.90 bits per heavy atom. The Kier molecular flexibility index (Phi) is 8.29. The molecule has 2 amide bonds. The van der Waals surface area contributed by atoms with Gasteiger partial charge in [0.2, 0.25) is 0 Å². The van der Waals surface area contributed by atoms with E-state index in [1.165, 1.54) is 12.1 Å². The lowest BCUT2D eigenvalue weighted by molar-refractivity contribution is -0.384. The van der Waals surface area contributed by atoms with E-state index in [0.29, 0.717) is 5.75 Å². The molecule has 2 aromatic carbocycles. The molecule has 9 nitrogen and oxygen atoms in total. The number of carbonyl (C=O) groups excluding carboxylic acids is 2. The van der Waals surface area contributed by atoms with E-state index in [0.717, 1.165) is 17.2 Å². The molecule has 0 unspecified atom stereocenters. The second kappa shape index (κ2) is 10.7. The highest BCUT2D eigenvalue weighted by Gasteiger charge is 2.17. The monoisotopic (exact) mass is 464 g/mol. The van der Waals surface area contributed by atoms with Crippen molar-refractivity contribution in [2.24, 2.45) is 0 Å². The average molecular weight is 465 g/mol. The van der Waals surface area contributed by atoms with Crippen molar-refractivity contribution >= 4 is 46.4 Å². The normalized spacial score (nSPS) is 10.4. The van der Waals surface area contributed by atoms with Crippen LogP contribution in [0.15, 0.2) is 36.4 Å². The molecule has 0 radical (unpaired) electrons. The zero-order valence-corrected chi connectivity index (χ0v) is 18.6. The molecule has 0 bridgehead atoms. The summed E-state index contributed by atoms with van der Waals surface area (Å²) in [5, 5.41) is 12.9. The molecule has 2 aromatic rings. The van der Waals surface area contributed by atoms with Crippen LogP contribution in [-0.2, 0) is 4.79 Å². The zero-order valence-electron chi connectivity index (χ0n) is 17.0. The summed E-state index contributed by atoms with van der Waals surface area (Å²) in [7, 11) is 0. The van der Waals surface area contributed by atoms with Crippen molar-refractivity contribution in [3.05, 3.63) is 68.2 Å². The van der Waals surface area contributed by atoms with Crippen LogP contribution in [0.3, 0.4) is 0 Å². The predicted molar refractivity (Wildman–Crippen MR) is 120 cm³/mol. The van der Waals surface area contributed by atoms with E-state index in [1.54, 1.807) is 0 Å². The summed E-state index contributed by atoms with van der Waals surface area (Å²) in [5.41, 5.74) is 6.25. The van der Waals surface area contributed by atoms with Gasteiger partial charge in [-0.2, -0.15) is 0 Å². The van der Waals surface area contributed by atoms with Crippen LogP contribution < -0.4 is 20.9 Å². The summed E-state index contributed by atoms with van der Waals surface area (Å²) in [6.45, 7) is 5.70. The summed E-state index contributed by atoms with van der Waals surface area (Å²) in [5.74, 6) is -0.382. The predicted octanol–water partition coefficient (Wildman–Crippen LogP) is 3.39. The number of nitro groups is 1. The van der Waals surface area contributed by atoms with Crippen LogP contribution in [0.1, 0.15) is 41.3 Å². The van der Waals surface area contributed by atoms with Gasteiger partial charge in [-0.25, -0.2) is 0 Å². The number of nitro benzene ring substituents is 1. The van der Waals surface area contributed by atoms with Gasteiger partial charge in [-0.05, 0) is 54.4 Å². The highest BCUT2D eigenvalue weighted by atomic mass is 35.5. The van der Waals surface area contributed by atoms with Crippen molar-refractivity contribution in [3.8, 4) is 5.75 Å². The molecular formula is C20H21ClN4O5S. The van der Waals surface area contributed by atoms with Gasteiger partial charge >= 0.3 is 0 Å². The fourth-order valence-corrected chi connectivity index (χ4v) is 2.88. The summed E-state index contributed by atoms with van der Waals surface area (Å²) in [4.78, 5) is 34.5. The Morgan fingerprint density at radius 3 is 2.55 bits per heavy atom. The van der Waals surface area contributed by atoms with E-state index < -0.39 is 22.4 Å². The van der Waals surface area contributed by atoms with Gasteiger partial charge in [0.05, 0.1) is 4.92 Å². The number of hydrazine groups is 1. The number of amides is 2. The largest absolute Gasteiger partial charge is 0.483 e. The molecule has 0 aromatic heterocycles. The molecule has 0 aliphatic heterocycles. The van der Waals surface area contributed by atoms with Crippen molar-refractivity contribution in [1.29, 1.82) is 0 Å². The maximum absolute atomic E-state index is 12.2. The molecule has 0 saturated heterocycles. The van der Waals surface area contributed by atoms with E-state index in [1.807, 2.05) is 39.0 Å². The minimum absolute atomic E-state index is 0.0180. The summed E-state index contributed by atoms with van der Waals surface area (Å²) in [6.07, 6.45) is 0. The average Bonchev–Trinajstić information content (AvgIpc) is 2.70. The number of rotatable bonds is 6. The van der Waals surface area contributed by atoms with Crippen LogP contribution in [0.4, 0.5) is 5.69 Å². The van der Waals surface area contributed by atoms with Crippen LogP contribution >= 0.6 is 23.8 Å². The van der Waals surface area contributed by atoms with Crippen LogP contribution in [0.5, 0.6) is 5.75 Å². The van der Waals surface area contributed by atoms with Gasteiger partial charge in [0.1, 0.15) is 10.8 Å². The number of ether oxygens (including phenoxy) is 1. The third-order valence-corrected chi connectivity index (χ3v) is 4.62. The molecule has 3 N–H and O–H groups in total. The van der Waals surface area contributed by atoms with Crippen LogP contribution in [0, 0.1) is 17.0 Å². The van der Waals surface area contributed by atoms with Crippen molar-refractivity contribution in [2.75, 3.05) is 6.61 Å². The van der Waals surface area contributed by atoms with Crippen molar-refractivity contribution in [3.63, 3.8) is 0 Å². The van der Waals surface area contributed by atoms with Crippen LogP contribution in [0.25, 0.3) is 0 Å². The Bertz CT molecular complexity index is 1030. The molecule has 0 heterocycles. The van der Waals surface area contributed by atoms with Crippen molar-refractivity contribution < 1.29 is 19.2 Å². The number of thiocarbonyl (C=S) groups is 1. The minimum Gasteiger partial charge on any atom is -0.483 e. The maximum Gasteiger partial charge on any atom is 0.288 e. The molecule has 0 atom stereocenters. The first-order valence-electron chi connectivity index (χ1n) is 9.16. The molecule has 0 spiro atoms. The molecule has 0 saturated carbocycles. The van der Waals surface area contributed by atoms with E-state index in [-0.39, 0.29) is 28.2 Å². The number of benzene rings is 2. The molecule has 0 fully saturated rings. The molecule has 2 rings (SSSR count). The van der Waals surface area contributed by atoms with E-state index in [9.17, 15) is 19.7 Å². The Hall–Kier alpha value is -3.24. The second-order valence-corrected chi connectivity index (χ2v) is 7.68. The SMILES string of the molecule is Cc1ccc(C(C)C)c(OCC(=O)NNC(=S)NC(=O)c2ccc(Cl)c([N+](=O)[O-])c2)c1.